The van der Waals surface area contributed by atoms with E-state index in [1.807, 2.05) is 39.0 Å². The second-order valence-corrected chi connectivity index (χ2v) is 17.5. The van der Waals surface area contributed by atoms with Crippen LogP contribution in [0.3, 0.4) is 0 Å². The van der Waals surface area contributed by atoms with Gasteiger partial charge in [-0.1, -0.05) is 42.8 Å². The Morgan fingerprint density at radius 3 is 2.51 bits per heavy atom. The van der Waals surface area contributed by atoms with Crippen molar-refractivity contribution in [2.75, 3.05) is 38.2 Å². The summed E-state index contributed by atoms with van der Waals surface area (Å²) in [5.74, 6) is -2.36. The number of aryl methyl sites for hydroxylation is 2. The maximum absolute atomic E-state index is 15.5. The molecule has 0 saturated carbocycles. The molecule has 0 aliphatic carbocycles. The van der Waals surface area contributed by atoms with E-state index in [4.69, 9.17) is 21.3 Å². The van der Waals surface area contributed by atoms with Crippen LogP contribution in [0, 0.1) is 11.6 Å². The molecule has 4 N–H and O–H groups in total. The monoisotopic (exact) mass is 878 g/mol. The van der Waals surface area contributed by atoms with Crippen molar-refractivity contribution < 1.29 is 36.6 Å². The van der Waals surface area contributed by atoms with Gasteiger partial charge in [-0.3, -0.25) is 9.69 Å². The average Bonchev–Trinajstić information content (AvgIpc) is 3.66. The highest BCUT2D eigenvalue weighted by Crippen LogP contribution is 2.33. The number of pyridine rings is 1. The second kappa shape index (κ2) is 18.8. The number of carboxylic acid groups (broad SMARTS) is 1. The largest absolute Gasteiger partial charge is 0.465 e. The summed E-state index contributed by atoms with van der Waals surface area (Å²) in [6.07, 6.45) is 2.77. The molecule has 2 saturated heterocycles. The molecule has 1 atom stereocenters. The number of nitrogens with one attached hydrogen (secondary N) is 3. The fourth-order valence-corrected chi connectivity index (χ4v) is 9.31. The van der Waals surface area contributed by atoms with Crippen molar-refractivity contribution in [2.24, 2.45) is 0 Å². The molecular formula is C43H49ClF2N8O6S. The van der Waals surface area contributed by atoms with Gasteiger partial charge in [0.05, 0.1) is 27.9 Å². The average molecular weight is 879 g/mol. The van der Waals surface area contributed by atoms with Gasteiger partial charge in [-0.05, 0) is 80.1 Å². The molecule has 4 heterocycles. The zero-order valence-electron chi connectivity index (χ0n) is 34.2. The van der Waals surface area contributed by atoms with Crippen LogP contribution in [-0.2, 0) is 47.4 Å². The molecule has 3 aromatic carbocycles. The lowest BCUT2D eigenvalue weighted by Crippen LogP contribution is -2.53. The van der Waals surface area contributed by atoms with Crippen LogP contribution in [0.2, 0.25) is 5.02 Å². The molecule has 0 unspecified atom stereocenters. The Bertz CT molecular complexity index is 2550. The van der Waals surface area contributed by atoms with E-state index in [2.05, 4.69) is 25.4 Å². The quantitative estimate of drug-likeness (QED) is 0.0931. The molecule has 5 aromatic rings. The molecule has 2 amide bonds. The fourth-order valence-electron chi connectivity index (χ4n) is 7.99. The summed E-state index contributed by atoms with van der Waals surface area (Å²) in [6, 6.07) is 13.5. The zero-order chi connectivity index (χ0) is 43.4. The number of nitrogens with zero attached hydrogens (tertiary/aromatic N) is 5. The number of hydrogen-bond acceptors (Lipinski definition) is 9. The summed E-state index contributed by atoms with van der Waals surface area (Å²) in [4.78, 5) is 32.7. The van der Waals surface area contributed by atoms with Crippen molar-refractivity contribution >= 4 is 50.3 Å². The van der Waals surface area contributed by atoms with Gasteiger partial charge >= 0.3 is 6.09 Å². The molecule has 324 valence electrons. The summed E-state index contributed by atoms with van der Waals surface area (Å²) in [5, 5.41) is 20.7. The van der Waals surface area contributed by atoms with Crippen molar-refractivity contribution in [3.8, 4) is 11.1 Å². The highest BCUT2D eigenvalue weighted by molar-refractivity contribution is 7.89. The van der Waals surface area contributed by atoms with Gasteiger partial charge < -0.3 is 25.4 Å². The third-order valence-corrected chi connectivity index (χ3v) is 13.0. The Morgan fingerprint density at radius 1 is 1.00 bits per heavy atom. The number of halogens is 3. The van der Waals surface area contributed by atoms with E-state index in [-0.39, 0.29) is 35.8 Å². The molecule has 0 bridgehead atoms. The van der Waals surface area contributed by atoms with Gasteiger partial charge in [-0.15, -0.1) is 0 Å². The summed E-state index contributed by atoms with van der Waals surface area (Å²) in [7, 11) is -4.55. The Morgan fingerprint density at radius 2 is 1.79 bits per heavy atom. The second-order valence-electron chi connectivity index (χ2n) is 15.3. The number of benzene rings is 3. The van der Waals surface area contributed by atoms with Gasteiger partial charge in [0.15, 0.2) is 5.65 Å². The lowest BCUT2D eigenvalue weighted by Gasteiger charge is -2.38. The maximum Gasteiger partial charge on any atom is 0.407 e. The number of aromatic nitrogens is 3. The number of anilines is 1. The molecule has 14 nitrogen and oxygen atoms in total. The van der Waals surface area contributed by atoms with Crippen molar-refractivity contribution in [1.29, 1.82) is 0 Å². The van der Waals surface area contributed by atoms with Gasteiger partial charge in [-0.25, -0.2) is 36.4 Å². The summed E-state index contributed by atoms with van der Waals surface area (Å²) >= 11 is 6.33. The number of amides is 2. The number of carbonyl (C=O) groups excluding carboxylic acids is 1. The molecule has 61 heavy (non-hydrogen) atoms. The summed E-state index contributed by atoms with van der Waals surface area (Å²) in [5.41, 5.74) is 4.76. The van der Waals surface area contributed by atoms with Gasteiger partial charge in [-0.2, -0.15) is 5.10 Å². The van der Waals surface area contributed by atoms with Crippen molar-refractivity contribution in [3.63, 3.8) is 0 Å². The van der Waals surface area contributed by atoms with E-state index < -0.39 is 38.6 Å². The first-order chi connectivity index (χ1) is 29.3. The molecule has 7 rings (SSSR count). The lowest BCUT2D eigenvalue weighted by molar-refractivity contribution is 0.0711. The van der Waals surface area contributed by atoms with E-state index in [0.717, 1.165) is 35.9 Å². The fraction of sp³-hybridized carbons (Fsp3) is 0.395. The van der Waals surface area contributed by atoms with Crippen LogP contribution in [0.15, 0.2) is 65.7 Å². The lowest BCUT2D eigenvalue weighted by atomic mass is 10.00. The molecule has 0 radical (unpaired) electrons. The first-order valence-electron chi connectivity index (χ1n) is 20.3. The van der Waals surface area contributed by atoms with E-state index in [0.29, 0.717) is 91.6 Å². The first-order valence-corrected chi connectivity index (χ1v) is 22.2. The standard InChI is InChI=1S/C43H49ClF2N8O6S/c1-4-38-33(40(50-30-11-15-60-16-12-30)34-22-48-54(5-2)41(34)51-38)23-49-61(58,59)39-19-32(35(44)20-37(39)46)42(55)47-21-27-9-10-36(45)31(18-27)29-8-6-7-28(17-29)25-52-13-14-53(43(56)57)26(3)24-52/h6-10,17-20,22,26,30,49H,4-5,11-16,21,23-25H2,1-3H3,(H,47,55)(H,50,51)(H,56,57)/t26-/m0/s1. The number of rotatable bonds is 14. The van der Waals surface area contributed by atoms with E-state index in [1.54, 1.807) is 23.0 Å². The number of hydrogen-bond donors (Lipinski definition) is 4. The van der Waals surface area contributed by atoms with Crippen molar-refractivity contribution in [2.45, 2.75) is 83.2 Å². The topological polar surface area (TPSA) is 171 Å². The van der Waals surface area contributed by atoms with Crippen LogP contribution in [0.5, 0.6) is 0 Å². The van der Waals surface area contributed by atoms with Gasteiger partial charge in [0.2, 0.25) is 10.0 Å². The number of fused-ring (bicyclic) bond motifs is 1. The van der Waals surface area contributed by atoms with E-state index in [9.17, 15) is 23.1 Å². The predicted molar refractivity (Wildman–Crippen MR) is 228 cm³/mol. The third-order valence-electron chi connectivity index (χ3n) is 11.3. The third kappa shape index (κ3) is 9.81. The maximum atomic E-state index is 15.5. The number of ether oxygens (including phenoxy) is 1. The normalized spacial score (nSPS) is 16.6. The van der Waals surface area contributed by atoms with Gasteiger partial charge in [0.25, 0.3) is 5.91 Å². The molecule has 2 fully saturated rings. The van der Waals surface area contributed by atoms with Crippen LogP contribution in [-0.4, -0.2) is 95.0 Å². The van der Waals surface area contributed by atoms with Crippen LogP contribution < -0.4 is 15.4 Å². The smallest absolute Gasteiger partial charge is 0.407 e. The van der Waals surface area contributed by atoms with Crippen LogP contribution >= 0.6 is 11.6 Å². The molecule has 0 spiro atoms. The highest BCUT2D eigenvalue weighted by atomic mass is 35.5. The first kappa shape index (κ1) is 43.9. The minimum absolute atomic E-state index is 0.0711. The van der Waals surface area contributed by atoms with Crippen LogP contribution in [0.1, 0.15) is 66.4 Å². The van der Waals surface area contributed by atoms with Crippen molar-refractivity contribution in [1.82, 2.24) is 34.6 Å². The molecular weight excluding hydrogens is 830 g/mol. The Hall–Kier alpha value is -5.20. The highest BCUT2D eigenvalue weighted by Gasteiger charge is 2.29. The summed E-state index contributed by atoms with van der Waals surface area (Å²) < 4.78 is 68.3. The Kier molecular flexibility index (Phi) is 13.5. The summed E-state index contributed by atoms with van der Waals surface area (Å²) in [6.45, 7) is 9.32. The molecule has 18 heteroatoms. The minimum Gasteiger partial charge on any atom is -0.465 e. The van der Waals surface area contributed by atoms with Crippen LogP contribution in [0.25, 0.3) is 22.2 Å². The Balaban J connectivity index is 1.06. The molecule has 2 aliphatic rings. The SMILES string of the molecule is CCc1nc2c(cnn2CC)c(NC2CCOCC2)c1CNS(=O)(=O)c1cc(C(=O)NCc2ccc(F)c(-c3cccc(CN4CCN(C(=O)O)[C@@H](C)C4)c3)c2)c(Cl)cc1F. The van der Waals surface area contributed by atoms with Gasteiger partial charge in [0.1, 0.15) is 16.5 Å². The molecule has 2 aromatic heterocycles. The number of piperazine rings is 1. The van der Waals surface area contributed by atoms with E-state index >= 15 is 8.78 Å². The van der Waals surface area contributed by atoms with Gasteiger partial charge in [0, 0.05) is 87.9 Å². The van der Waals surface area contributed by atoms with Crippen molar-refractivity contribution in [3.05, 3.63) is 105 Å². The zero-order valence-corrected chi connectivity index (χ0v) is 35.8. The Labute approximate surface area is 358 Å². The molecule has 2 aliphatic heterocycles. The van der Waals surface area contributed by atoms with Crippen LogP contribution in [0.4, 0.5) is 19.3 Å². The predicted octanol–water partition coefficient (Wildman–Crippen LogP) is 6.80. The minimum atomic E-state index is -4.55. The number of carbonyl (C=O) groups is 2. The van der Waals surface area contributed by atoms with E-state index in [1.165, 1.54) is 17.0 Å². The number of sulfonamides is 1.